The summed E-state index contributed by atoms with van der Waals surface area (Å²) in [5.41, 5.74) is 5.41. The van der Waals surface area contributed by atoms with Crippen molar-refractivity contribution in [3.63, 3.8) is 0 Å². The van der Waals surface area contributed by atoms with Crippen LogP contribution in [0, 0.1) is 5.92 Å². The minimum atomic E-state index is -1.20. The van der Waals surface area contributed by atoms with Gasteiger partial charge in [-0.05, 0) is 53.8 Å². The molecule has 2 aliphatic heterocycles. The maximum atomic E-state index is 12.7. The molecule has 1 atom stereocenters. The number of benzene rings is 3. The number of carbonyl (C=O) groups is 1. The molecule has 3 heterocycles. The summed E-state index contributed by atoms with van der Waals surface area (Å²) in [5, 5.41) is 9.56. The van der Waals surface area contributed by atoms with Gasteiger partial charge in [0.25, 0.3) is 0 Å². The Morgan fingerprint density at radius 2 is 1.78 bits per heavy atom. The highest BCUT2D eigenvalue weighted by molar-refractivity contribution is 5.89. The van der Waals surface area contributed by atoms with Crippen LogP contribution in [-0.4, -0.2) is 22.2 Å². The Morgan fingerprint density at radius 3 is 2.49 bits per heavy atom. The van der Waals surface area contributed by atoms with E-state index in [9.17, 15) is 14.7 Å². The number of pyridine rings is 1. The molecule has 6 nitrogen and oxygen atoms in total. The molecule has 2 aliphatic rings. The van der Waals surface area contributed by atoms with Gasteiger partial charge in [0.15, 0.2) is 5.43 Å². The lowest BCUT2D eigenvalue weighted by molar-refractivity contribution is 0.0694. The fourth-order valence-corrected chi connectivity index (χ4v) is 5.53. The maximum Gasteiger partial charge on any atom is 0.341 e. The van der Waals surface area contributed by atoms with Crippen molar-refractivity contribution in [1.82, 2.24) is 4.57 Å². The monoisotopic (exact) mass is 493 g/mol. The minimum Gasteiger partial charge on any atom is -0.492 e. The molecule has 0 aliphatic carbocycles. The van der Waals surface area contributed by atoms with Crippen LogP contribution in [0.3, 0.4) is 0 Å². The van der Waals surface area contributed by atoms with E-state index in [-0.39, 0.29) is 17.5 Å². The van der Waals surface area contributed by atoms with Gasteiger partial charge in [-0.15, -0.1) is 0 Å². The van der Waals surface area contributed by atoms with E-state index in [1.54, 1.807) is 0 Å². The summed E-state index contributed by atoms with van der Waals surface area (Å²) in [7, 11) is 0. The largest absolute Gasteiger partial charge is 0.492 e. The van der Waals surface area contributed by atoms with E-state index in [0.717, 1.165) is 63.6 Å². The molecule has 0 spiro atoms. The molecule has 6 rings (SSSR count). The Labute approximate surface area is 214 Å². The Bertz CT molecular complexity index is 1570. The zero-order valence-corrected chi connectivity index (χ0v) is 20.7. The van der Waals surface area contributed by atoms with Crippen molar-refractivity contribution in [2.45, 2.75) is 32.7 Å². The molecule has 1 aromatic heterocycles. The van der Waals surface area contributed by atoms with E-state index >= 15 is 0 Å². The number of aromatic nitrogens is 1. The smallest absolute Gasteiger partial charge is 0.341 e. The van der Waals surface area contributed by atoms with Crippen molar-refractivity contribution in [3.8, 4) is 39.6 Å². The molecule has 186 valence electrons. The summed E-state index contributed by atoms with van der Waals surface area (Å²) in [5.74, 6) is 1.43. The summed E-state index contributed by atoms with van der Waals surface area (Å²) in [4.78, 5) is 24.4. The average Bonchev–Trinajstić information content (AvgIpc) is 3.38. The van der Waals surface area contributed by atoms with Gasteiger partial charge in [-0.3, -0.25) is 4.79 Å². The van der Waals surface area contributed by atoms with Gasteiger partial charge in [-0.25, -0.2) is 4.79 Å². The van der Waals surface area contributed by atoms with E-state index in [1.807, 2.05) is 59.2 Å². The third kappa shape index (κ3) is 3.99. The van der Waals surface area contributed by atoms with E-state index in [4.69, 9.17) is 9.47 Å². The van der Waals surface area contributed by atoms with E-state index in [2.05, 4.69) is 19.9 Å². The number of para-hydroxylation sites is 1. The summed E-state index contributed by atoms with van der Waals surface area (Å²) in [6.45, 7) is 4.82. The van der Waals surface area contributed by atoms with Gasteiger partial charge in [0.05, 0.1) is 12.3 Å². The molecule has 0 bridgehead atoms. The Balaban J connectivity index is 1.47. The Morgan fingerprint density at radius 1 is 1.05 bits per heavy atom. The molecule has 0 amide bonds. The predicted molar refractivity (Wildman–Crippen MR) is 142 cm³/mol. The first-order valence-corrected chi connectivity index (χ1v) is 12.6. The van der Waals surface area contributed by atoms with Crippen LogP contribution in [0.25, 0.3) is 22.4 Å². The van der Waals surface area contributed by atoms with Gasteiger partial charge in [-0.1, -0.05) is 44.2 Å². The van der Waals surface area contributed by atoms with Crippen molar-refractivity contribution in [2.75, 3.05) is 6.61 Å². The molecule has 0 saturated carbocycles. The maximum absolute atomic E-state index is 12.7. The van der Waals surface area contributed by atoms with Crippen LogP contribution in [0.4, 0.5) is 0 Å². The average molecular weight is 494 g/mol. The first-order chi connectivity index (χ1) is 17.9. The topological polar surface area (TPSA) is 77.8 Å². The fourth-order valence-electron chi connectivity index (χ4n) is 5.53. The standard InChI is InChI=1S/C31H27NO5/c1-18(2)26-15-20-14-24(19-8-10-22(11-9-19)37-21-6-4-3-5-7-21)30-23(12-13-36-30)29(20)27-16-28(33)25(31(34)35)17-32(26)27/h3-11,14,16-18,26H,12-13,15H2,1-2H3,(H,34,35). The summed E-state index contributed by atoms with van der Waals surface area (Å²) < 4.78 is 14.1. The lowest BCUT2D eigenvalue weighted by atomic mass is 9.82. The summed E-state index contributed by atoms with van der Waals surface area (Å²) >= 11 is 0. The zero-order chi connectivity index (χ0) is 25.7. The van der Waals surface area contributed by atoms with Crippen LogP contribution in [0.1, 0.15) is 41.4 Å². The van der Waals surface area contributed by atoms with Crippen molar-refractivity contribution < 1.29 is 19.4 Å². The van der Waals surface area contributed by atoms with Gasteiger partial charge in [0.1, 0.15) is 22.8 Å². The normalized spacial score (nSPS) is 15.5. The number of fused-ring (bicyclic) bond motifs is 5. The fraction of sp³-hybridized carbons (Fsp3) is 0.226. The lowest BCUT2D eigenvalue weighted by Crippen LogP contribution is -2.28. The van der Waals surface area contributed by atoms with Gasteiger partial charge in [0.2, 0.25) is 0 Å². The van der Waals surface area contributed by atoms with Crippen molar-refractivity contribution >= 4 is 5.97 Å². The zero-order valence-electron chi connectivity index (χ0n) is 20.7. The molecular formula is C31H27NO5. The van der Waals surface area contributed by atoms with Crippen molar-refractivity contribution in [3.05, 3.63) is 99.8 Å². The van der Waals surface area contributed by atoms with Crippen LogP contribution < -0.4 is 14.9 Å². The first-order valence-electron chi connectivity index (χ1n) is 12.6. The number of hydrogen-bond donors (Lipinski definition) is 1. The van der Waals surface area contributed by atoms with Crippen LogP contribution in [-0.2, 0) is 12.8 Å². The predicted octanol–water partition coefficient (Wildman–Crippen LogP) is 6.36. The van der Waals surface area contributed by atoms with Gasteiger partial charge < -0.3 is 19.1 Å². The Kier molecular flexibility index (Phi) is 5.60. The van der Waals surface area contributed by atoms with Crippen LogP contribution >= 0.6 is 0 Å². The van der Waals surface area contributed by atoms with Crippen LogP contribution in [0.15, 0.2) is 77.7 Å². The molecule has 0 radical (unpaired) electrons. The Hall–Kier alpha value is -4.32. The number of nitrogens with zero attached hydrogens (tertiary/aromatic N) is 1. The van der Waals surface area contributed by atoms with E-state index < -0.39 is 11.4 Å². The quantitative estimate of drug-likeness (QED) is 0.350. The van der Waals surface area contributed by atoms with E-state index in [1.165, 1.54) is 12.3 Å². The van der Waals surface area contributed by atoms with Crippen LogP contribution in [0.2, 0.25) is 0 Å². The molecule has 3 aromatic carbocycles. The molecule has 4 aromatic rings. The second-order valence-corrected chi connectivity index (χ2v) is 9.97. The minimum absolute atomic E-state index is 0.0380. The number of carboxylic acids is 1. The van der Waals surface area contributed by atoms with Crippen molar-refractivity contribution in [1.29, 1.82) is 0 Å². The highest BCUT2D eigenvalue weighted by Gasteiger charge is 2.33. The molecule has 1 unspecified atom stereocenters. The third-order valence-electron chi connectivity index (χ3n) is 7.32. The molecular weight excluding hydrogens is 466 g/mol. The number of hydrogen-bond acceptors (Lipinski definition) is 4. The van der Waals surface area contributed by atoms with Crippen molar-refractivity contribution in [2.24, 2.45) is 5.92 Å². The van der Waals surface area contributed by atoms with E-state index in [0.29, 0.717) is 6.61 Å². The van der Waals surface area contributed by atoms with Gasteiger partial charge >= 0.3 is 5.97 Å². The first kappa shape index (κ1) is 23.1. The second-order valence-electron chi connectivity index (χ2n) is 9.97. The third-order valence-corrected chi connectivity index (χ3v) is 7.32. The highest BCUT2D eigenvalue weighted by atomic mass is 16.5. The van der Waals surface area contributed by atoms with Crippen LogP contribution in [0.5, 0.6) is 17.2 Å². The molecule has 1 N–H and O–H groups in total. The molecule has 0 fully saturated rings. The molecule has 37 heavy (non-hydrogen) atoms. The summed E-state index contributed by atoms with van der Waals surface area (Å²) in [6.07, 6.45) is 3.01. The molecule has 0 saturated heterocycles. The second kappa shape index (κ2) is 8.96. The number of aromatic carboxylic acids is 1. The number of carboxylic acid groups (broad SMARTS) is 1. The number of rotatable bonds is 5. The SMILES string of the molecule is CC(C)C1Cc2cc(-c3ccc(Oc4ccccc4)cc3)c3c(c2-c2cc(=O)c(C(=O)O)cn21)CCO3. The highest BCUT2D eigenvalue weighted by Crippen LogP contribution is 2.48. The molecule has 6 heteroatoms. The van der Waals surface area contributed by atoms with Gasteiger partial charge in [0, 0.05) is 41.4 Å². The number of ether oxygens (including phenoxy) is 2. The summed E-state index contributed by atoms with van der Waals surface area (Å²) in [6, 6.07) is 21.4. The lowest BCUT2D eigenvalue weighted by Gasteiger charge is -2.34. The van der Waals surface area contributed by atoms with Gasteiger partial charge in [-0.2, -0.15) is 0 Å².